The Morgan fingerprint density at radius 3 is 1.96 bits per heavy atom. The Bertz CT molecular complexity index is 500. The van der Waals surface area contributed by atoms with E-state index in [1.807, 2.05) is 0 Å². The largest absolute Gasteiger partial charge is 0.469 e. The Morgan fingerprint density at radius 1 is 0.923 bits per heavy atom. The molecule has 5 aliphatic rings. The van der Waals surface area contributed by atoms with Gasteiger partial charge in [0.25, 0.3) is 0 Å². The fourth-order valence-electron chi connectivity index (χ4n) is 7.01. The van der Waals surface area contributed by atoms with Gasteiger partial charge in [-0.05, 0) is 69.1 Å². The lowest BCUT2D eigenvalue weighted by Crippen LogP contribution is -2.56. The summed E-state index contributed by atoms with van der Waals surface area (Å²) in [6.07, 6.45) is 15.0. The van der Waals surface area contributed by atoms with Crippen LogP contribution in [0.3, 0.4) is 0 Å². The summed E-state index contributed by atoms with van der Waals surface area (Å²) in [6, 6.07) is 0.336. The number of hydrogen-bond acceptors (Lipinski definition) is 3. The Morgan fingerprint density at radius 2 is 1.46 bits per heavy atom. The molecule has 0 aromatic heterocycles. The molecule has 0 radical (unpaired) electrons. The molecule has 26 heavy (non-hydrogen) atoms. The first kappa shape index (κ1) is 18.3. The minimum atomic E-state index is -0.193. The highest BCUT2D eigenvalue weighted by molar-refractivity contribution is 5.84. The van der Waals surface area contributed by atoms with Crippen LogP contribution in [0, 0.1) is 23.2 Å². The van der Waals surface area contributed by atoms with Crippen LogP contribution in [-0.2, 0) is 14.3 Å². The molecule has 0 unspecified atom stereocenters. The van der Waals surface area contributed by atoms with E-state index in [4.69, 9.17) is 4.74 Å². The van der Waals surface area contributed by atoms with E-state index in [1.54, 1.807) is 0 Å². The van der Waals surface area contributed by atoms with Crippen LogP contribution < -0.4 is 0 Å². The van der Waals surface area contributed by atoms with Crippen molar-refractivity contribution in [3.05, 3.63) is 0 Å². The van der Waals surface area contributed by atoms with Gasteiger partial charge in [0.15, 0.2) is 0 Å². The molecule has 5 aliphatic carbocycles. The van der Waals surface area contributed by atoms with Gasteiger partial charge in [0, 0.05) is 12.6 Å². The zero-order valence-corrected chi connectivity index (χ0v) is 16.4. The van der Waals surface area contributed by atoms with Crippen LogP contribution in [-0.4, -0.2) is 36.5 Å². The zero-order chi connectivity index (χ0) is 18.1. The van der Waals surface area contributed by atoms with Crippen molar-refractivity contribution < 1.29 is 14.3 Å². The number of carbonyl (C=O) groups excluding carboxylic acids is 2. The van der Waals surface area contributed by atoms with Gasteiger partial charge >= 0.3 is 5.97 Å². The molecule has 1 amide bonds. The normalized spacial score (nSPS) is 36.6. The van der Waals surface area contributed by atoms with Crippen molar-refractivity contribution in [3.63, 3.8) is 0 Å². The van der Waals surface area contributed by atoms with Gasteiger partial charge in [-0.1, -0.05) is 25.7 Å². The molecule has 5 fully saturated rings. The monoisotopic (exact) mass is 361 g/mol. The number of amides is 1. The minimum Gasteiger partial charge on any atom is -0.469 e. The van der Waals surface area contributed by atoms with Gasteiger partial charge in [0.1, 0.15) is 0 Å². The molecular weight excluding hydrogens is 326 g/mol. The molecule has 4 heteroatoms. The molecule has 5 rings (SSSR count). The standard InChI is InChI=1S/C22H35NO3/c1-26-20(24)8-9-23(19-6-4-2-3-5-7-19)21(25)22-13-16-10-17(14-22)12-18(11-16)15-22/h16-19H,2-15H2,1H3. The lowest BCUT2D eigenvalue weighted by Gasteiger charge is -2.57. The van der Waals surface area contributed by atoms with Crippen molar-refractivity contribution in [1.82, 2.24) is 4.90 Å². The van der Waals surface area contributed by atoms with Crippen molar-refractivity contribution in [1.29, 1.82) is 0 Å². The predicted molar refractivity (Wildman–Crippen MR) is 100 cm³/mol. The number of carbonyl (C=O) groups is 2. The zero-order valence-electron chi connectivity index (χ0n) is 16.4. The lowest BCUT2D eigenvalue weighted by atomic mass is 9.49. The van der Waals surface area contributed by atoms with Crippen LogP contribution in [0.25, 0.3) is 0 Å². The number of methoxy groups -OCH3 is 1. The van der Waals surface area contributed by atoms with Gasteiger partial charge in [-0.2, -0.15) is 0 Å². The molecule has 0 atom stereocenters. The number of esters is 1. The maximum absolute atomic E-state index is 13.9. The molecule has 0 aromatic rings. The predicted octanol–water partition coefficient (Wildman–Crippen LogP) is 4.32. The summed E-state index contributed by atoms with van der Waals surface area (Å²) >= 11 is 0. The van der Waals surface area contributed by atoms with E-state index in [1.165, 1.54) is 52.1 Å². The quantitative estimate of drug-likeness (QED) is 0.541. The van der Waals surface area contributed by atoms with E-state index in [9.17, 15) is 9.59 Å². The second kappa shape index (κ2) is 7.52. The first-order valence-electron chi connectivity index (χ1n) is 11.0. The summed E-state index contributed by atoms with van der Waals surface area (Å²) < 4.78 is 4.86. The summed E-state index contributed by atoms with van der Waals surface area (Å²) in [7, 11) is 1.44. The van der Waals surface area contributed by atoms with Crippen LogP contribution in [0.1, 0.15) is 83.5 Å². The van der Waals surface area contributed by atoms with E-state index < -0.39 is 0 Å². The minimum absolute atomic E-state index is 0.100. The Balaban J connectivity index is 1.53. The number of ether oxygens (including phenoxy) is 1. The summed E-state index contributed by atoms with van der Waals surface area (Å²) in [5.41, 5.74) is -0.100. The van der Waals surface area contributed by atoms with Crippen molar-refractivity contribution in [2.45, 2.75) is 89.5 Å². The number of hydrogen-bond donors (Lipinski definition) is 0. The smallest absolute Gasteiger partial charge is 0.307 e. The fourth-order valence-corrected chi connectivity index (χ4v) is 7.01. The van der Waals surface area contributed by atoms with Crippen molar-refractivity contribution in [2.75, 3.05) is 13.7 Å². The number of nitrogens with zero attached hydrogens (tertiary/aromatic N) is 1. The Kier molecular flexibility index (Phi) is 5.29. The molecule has 4 bridgehead atoms. The van der Waals surface area contributed by atoms with Crippen LogP contribution in [0.4, 0.5) is 0 Å². The molecule has 4 nitrogen and oxygen atoms in total. The van der Waals surface area contributed by atoms with Gasteiger partial charge in [-0.25, -0.2) is 0 Å². The van der Waals surface area contributed by atoms with Crippen LogP contribution in [0.2, 0.25) is 0 Å². The van der Waals surface area contributed by atoms with Crippen molar-refractivity contribution >= 4 is 11.9 Å². The molecule has 0 saturated heterocycles. The third kappa shape index (κ3) is 3.53. The molecule has 0 heterocycles. The summed E-state index contributed by atoms with van der Waals surface area (Å²) in [6.45, 7) is 0.553. The Hall–Kier alpha value is -1.06. The van der Waals surface area contributed by atoms with Gasteiger partial charge in [0.2, 0.25) is 5.91 Å². The van der Waals surface area contributed by atoms with Crippen molar-refractivity contribution in [2.24, 2.45) is 23.2 Å². The first-order valence-corrected chi connectivity index (χ1v) is 11.0. The molecule has 146 valence electrons. The fraction of sp³-hybridized carbons (Fsp3) is 0.909. The van der Waals surface area contributed by atoms with E-state index in [2.05, 4.69) is 4.90 Å². The highest BCUT2D eigenvalue weighted by Gasteiger charge is 2.56. The highest BCUT2D eigenvalue weighted by Crippen LogP contribution is 2.60. The summed E-state index contributed by atoms with van der Waals surface area (Å²) in [4.78, 5) is 27.8. The maximum Gasteiger partial charge on any atom is 0.307 e. The summed E-state index contributed by atoms with van der Waals surface area (Å²) in [5, 5.41) is 0. The van der Waals surface area contributed by atoms with Gasteiger partial charge < -0.3 is 9.64 Å². The third-order valence-corrected chi connectivity index (χ3v) is 7.80. The summed E-state index contributed by atoms with van der Waals surface area (Å²) in [5.74, 6) is 2.54. The van der Waals surface area contributed by atoms with Crippen LogP contribution in [0.5, 0.6) is 0 Å². The van der Waals surface area contributed by atoms with Gasteiger partial charge in [-0.3, -0.25) is 9.59 Å². The molecule has 0 aliphatic heterocycles. The van der Waals surface area contributed by atoms with Crippen molar-refractivity contribution in [3.8, 4) is 0 Å². The highest BCUT2D eigenvalue weighted by atomic mass is 16.5. The van der Waals surface area contributed by atoms with Crippen LogP contribution in [0.15, 0.2) is 0 Å². The topological polar surface area (TPSA) is 46.6 Å². The second-order valence-electron chi connectivity index (χ2n) is 9.67. The van der Waals surface area contributed by atoms with E-state index in [-0.39, 0.29) is 11.4 Å². The SMILES string of the molecule is COC(=O)CCN(C(=O)C12CC3CC(CC(C3)C1)C2)C1CCCCCC1. The second-order valence-corrected chi connectivity index (χ2v) is 9.67. The number of rotatable bonds is 5. The molecule has 0 spiro atoms. The maximum atomic E-state index is 13.9. The Labute approximate surface area is 158 Å². The van der Waals surface area contributed by atoms with Gasteiger partial charge in [-0.15, -0.1) is 0 Å². The lowest BCUT2D eigenvalue weighted by molar-refractivity contribution is -0.161. The molecular formula is C22H35NO3. The van der Waals surface area contributed by atoms with E-state index in [0.29, 0.717) is 24.9 Å². The molecule has 0 N–H and O–H groups in total. The van der Waals surface area contributed by atoms with E-state index in [0.717, 1.165) is 49.9 Å². The van der Waals surface area contributed by atoms with Gasteiger partial charge in [0.05, 0.1) is 18.9 Å². The van der Waals surface area contributed by atoms with Crippen LogP contribution >= 0.6 is 0 Å². The molecule has 5 saturated carbocycles. The molecule has 0 aromatic carbocycles. The average Bonchev–Trinajstić information content (AvgIpc) is 2.90. The third-order valence-electron chi connectivity index (χ3n) is 7.80. The van der Waals surface area contributed by atoms with E-state index >= 15 is 0 Å². The first-order chi connectivity index (χ1) is 12.6. The average molecular weight is 362 g/mol.